The molecule has 0 saturated carbocycles. The predicted molar refractivity (Wildman–Crippen MR) is 87.9 cm³/mol. The quantitative estimate of drug-likeness (QED) is 0.736. The maximum absolute atomic E-state index is 13.5. The number of benzene rings is 2. The highest BCUT2D eigenvalue weighted by Crippen LogP contribution is 2.41. The summed E-state index contributed by atoms with van der Waals surface area (Å²) < 4.78 is 41.7. The van der Waals surface area contributed by atoms with Crippen molar-refractivity contribution >= 4 is 5.82 Å². The zero-order valence-corrected chi connectivity index (χ0v) is 13.2. The van der Waals surface area contributed by atoms with Crippen molar-refractivity contribution in [1.82, 2.24) is 9.78 Å². The van der Waals surface area contributed by atoms with E-state index in [1.165, 1.54) is 0 Å². The third kappa shape index (κ3) is 2.75. The van der Waals surface area contributed by atoms with E-state index in [0.29, 0.717) is 16.8 Å². The van der Waals surface area contributed by atoms with E-state index in [1.54, 1.807) is 55.5 Å². The van der Waals surface area contributed by atoms with Crippen molar-refractivity contribution < 1.29 is 13.2 Å². The van der Waals surface area contributed by atoms with Gasteiger partial charge in [0.25, 0.3) is 0 Å². The molecule has 0 unspecified atom stereocenters. The summed E-state index contributed by atoms with van der Waals surface area (Å²) in [5.41, 5.74) is 7.64. The Morgan fingerprint density at radius 1 is 0.958 bits per heavy atom. The van der Waals surface area contributed by atoms with Crippen LogP contribution < -0.4 is 5.73 Å². The first-order chi connectivity index (χ1) is 11.3. The van der Waals surface area contributed by atoms with Gasteiger partial charge in [-0.25, -0.2) is 4.68 Å². The Morgan fingerprint density at radius 3 is 2.17 bits per heavy atom. The second-order valence-electron chi connectivity index (χ2n) is 5.67. The number of aromatic nitrogens is 2. The van der Waals surface area contributed by atoms with E-state index in [9.17, 15) is 13.2 Å². The zero-order valence-electron chi connectivity index (χ0n) is 13.2. The molecular weight excluding hydrogens is 315 g/mol. The zero-order chi connectivity index (χ0) is 17.5. The Kier molecular flexibility index (Phi) is 3.83. The van der Waals surface area contributed by atoms with E-state index >= 15 is 0 Å². The summed E-state index contributed by atoms with van der Waals surface area (Å²) in [6.45, 7) is 3.65. The highest BCUT2D eigenvalue weighted by Gasteiger charge is 2.39. The van der Waals surface area contributed by atoms with Crippen molar-refractivity contribution in [3.05, 3.63) is 65.4 Å². The number of anilines is 1. The number of aryl methyl sites for hydroxylation is 2. The average Bonchev–Trinajstić information content (AvgIpc) is 2.86. The lowest BCUT2D eigenvalue weighted by atomic mass is 10.00. The first-order valence-corrected chi connectivity index (χ1v) is 7.38. The van der Waals surface area contributed by atoms with Crippen LogP contribution >= 0.6 is 0 Å². The summed E-state index contributed by atoms with van der Waals surface area (Å²) in [6, 6.07) is 13.8. The molecule has 6 heteroatoms. The van der Waals surface area contributed by atoms with Gasteiger partial charge in [0.15, 0.2) is 5.69 Å². The van der Waals surface area contributed by atoms with Crippen molar-refractivity contribution in [2.75, 3.05) is 5.73 Å². The fourth-order valence-electron chi connectivity index (χ4n) is 2.63. The van der Waals surface area contributed by atoms with Crippen molar-refractivity contribution in [3.8, 4) is 16.8 Å². The molecule has 1 heterocycles. The minimum absolute atomic E-state index is 0.0273. The molecule has 1 aromatic heterocycles. The highest BCUT2D eigenvalue weighted by molar-refractivity contribution is 5.80. The van der Waals surface area contributed by atoms with Crippen LogP contribution in [0.3, 0.4) is 0 Å². The van der Waals surface area contributed by atoms with Gasteiger partial charge in [0.2, 0.25) is 0 Å². The molecule has 0 radical (unpaired) electrons. The molecule has 0 fully saturated rings. The molecule has 24 heavy (non-hydrogen) atoms. The van der Waals surface area contributed by atoms with Crippen LogP contribution in [0.2, 0.25) is 0 Å². The summed E-state index contributed by atoms with van der Waals surface area (Å²) in [7, 11) is 0. The molecule has 0 saturated heterocycles. The summed E-state index contributed by atoms with van der Waals surface area (Å²) in [5.74, 6) is -0.0273. The second-order valence-corrected chi connectivity index (χ2v) is 5.67. The lowest BCUT2D eigenvalue weighted by Gasteiger charge is -2.09. The molecule has 3 nitrogen and oxygen atoms in total. The Morgan fingerprint density at radius 2 is 1.58 bits per heavy atom. The third-order valence-corrected chi connectivity index (χ3v) is 3.88. The van der Waals surface area contributed by atoms with Crippen molar-refractivity contribution in [3.63, 3.8) is 0 Å². The number of alkyl halides is 3. The lowest BCUT2D eigenvalue weighted by Crippen LogP contribution is -2.08. The van der Waals surface area contributed by atoms with E-state index in [-0.39, 0.29) is 11.4 Å². The van der Waals surface area contributed by atoms with Crippen LogP contribution in [-0.2, 0) is 6.18 Å². The Hall–Kier alpha value is -2.76. The first kappa shape index (κ1) is 16.1. The van der Waals surface area contributed by atoms with Crippen molar-refractivity contribution in [1.29, 1.82) is 0 Å². The Labute approximate surface area is 137 Å². The molecule has 3 rings (SSSR count). The molecule has 0 aliphatic heterocycles. The average molecular weight is 331 g/mol. The van der Waals surface area contributed by atoms with E-state index in [1.807, 2.05) is 6.92 Å². The van der Waals surface area contributed by atoms with Gasteiger partial charge in [0, 0.05) is 0 Å². The number of hydrogen-bond acceptors (Lipinski definition) is 2. The van der Waals surface area contributed by atoms with E-state index < -0.39 is 11.9 Å². The van der Waals surface area contributed by atoms with E-state index in [0.717, 1.165) is 10.2 Å². The lowest BCUT2D eigenvalue weighted by molar-refractivity contribution is -0.140. The van der Waals surface area contributed by atoms with Crippen LogP contribution in [0.25, 0.3) is 16.8 Å². The number of nitrogens with two attached hydrogens (primary N) is 1. The standard InChI is InChI=1S/C18H16F3N3/c1-11-7-9-13(10-8-11)24-17(22)15(16(23-24)18(19,20)21)14-6-4-3-5-12(14)2/h3-10H,22H2,1-2H3. The predicted octanol–water partition coefficient (Wildman–Crippen LogP) is 4.76. The molecule has 0 bridgehead atoms. The first-order valence-electron chi connectivity index (χ1n) is 7.38. The number of rotatable bonds is 2. The fraction of sp³-hybridized carbons (Fsp3) is 0.167. The number of halogens is 3. The molecular formula is C18H16F3N3. The summed E-state index contributed by atoms with van der Waals surface area (Å²) in [6.07, 6.45) is -4.60. The van der Waals surface area contributed by atoms with E-state index in [2.05, 4.69) is 5.10 Å². The van der Waals surface area contributed by atoms with Gasteiger partial charge in [-0.2, -0.15) is 18.3 Å². The van der Waals surface area contributed by atoms with Crippen LogP contribution in [0.15, 0.2) is 48.5 Å². The van der Waals surface area contributed by atoms with Crippen LogP contribution in [-0.4, -0.2) is 9.78 Å². The van der Waals surface area contributed by atoms with Gasteiger partial charge < -0.3 is 5.73 Å². The van der Waals surface area contributed by atoms with Gasteiger partial charge in [-0.3, -0.25) is 0 Å². The molecule has 0 spiro atoms. The molecule has 2 aromatic carbocycles. The third-order valence-electron chi connectivity index (χ3n) is 3.88. The number of nitrogens with zero attached hydrogens (tertiary/aromatic N) is 2. The topological polar surface area (TPSA) is 43.8 Å². The van der Waals surface area contributed by atoms with Crippen LogP contribution in [0.4, 0.5) is 19.0 Å². The summed E-state index contributed by atoms with van der Waals surface area (Å²) in [5, 5.41) is 3.77. The van der Waals surface area contributed by atoms with Gasteiger partial charge in [0.05, 0.1) is 11.3 Å². The van der Waals surface area contributed by atoms with Crippen molar-refractivity contribution in [2.45, 2.75) is 20.0 Å². The number of hydrogen-bond donors (Lipinski definition) is 1. The van der Waals surface area contributed by atoms with Gasteiger partial charge in [-0.05, 0) is 37.1 Å². The fourth-order valence-corrected chi connectivity index (χ4v) is 2.63. The van der Waals surface area contributed by atoms with Gasteiger partial charge in [0.1, 0.15) is 5.82 Å². The molecule has 0 aliphatic rings. The molecule has 3 aromatic rings. The maximum atomic E-state index is 13.5. The molecule has 2 N–H and O–H groups in total. The Balaban J connectivity index is 2.28. The van der Waals surface area contributed by atoms with Gasteiger partial charge >= 0.3 is 6.18 Å². The maximum Gasteiger partial charge on any atom is 0.435 e. The Bertz CT molecular complexity index is 878. The summed E-state index contributed by atoms with van der Waals surface area (Å²) >= 11 is 0. The van der Waals surface area contributed by atoms with E-state index in [4.69, 9.17) is 5.73 Å². The minimum atomic E-state index is -4.60. The highest BCUT2D eigenvalue weighted by atomic mass is 19.4. The van der Waals surface area contributed by atoms with Crippen LogP contribution in [0, 0.1) is 13.8 Å². The number of nitrogen functional groups attached to an aromatic ring is 1. The van der Waals surface area contributed by atoms with Crippen LogP contribution in [0.5, 0.6) is 0 Å². The van der Waals surface area contributed by atoms with Gasteiger partial charge in [-0.15, -0.1) is 0 Å². The van der Waals surface area contributed by atoms with Crippen LogP contribution in [0.1, 0.15) is 16.8 Å². The van der Waals surface area contributed by atoms with Gasteiger partial charge in [-0.1, -0.05) is 42.0 Å². The monoisotopic (exact) mass is 331 g/mol. The minimum Gasteiger partial charge on any atom is -0.383 e. The van der Waals surface area contributed by atoms with Crippen molar-refractivity contribution in [2.24, 2.45) is 0 Å². The summed E-state index contributed by atoms with van der Waals surface area (Å²) in [4.78, 5) is 0. The smallest absolute Gasteiger partial charge is 0.383 e. The second kappa shape index (κ2) is 5.70. The molecule has 124 valence electrons. The SMILES string of the molecule is Cc1ccc(-n2nc(C(F)(F)F)c(-c3ccccc3C)c2N)cc1. The molecule has 0 amide bonds. The largest absolute Gasteiger partial charge is 0.435 e. The molecule has 0 atom stereocenters. The molecule has 0 aliphatic carbocycles. The normalized spacial score (nSPS) is 11.7.